The highest BCUT2D eigenvalue weighted by molar-refractivity contribution is 5.89. The number of amides is 2. The van der Waals surface area contributed by atoms with Crippen molar-refractivity contribution in [3.8, 4) is 0 Å². The predicted octanol–water partition coefficient (Wildman–Crippen LogP) is 0.559. The van der Waals surface area contributed by atoms with Gasteiger partial charge in [0.15, 0.2) is 5.41 Å². The van der Waals surface area contributed by atoms with E-state index in [1.165, 1.54) is 0 Å². The number of hydrogen-bond donors (Lipinski definition) is 3. The lowest BCUT2D eigenvalue weighted by atomic mass is 9.85. The van der Waals surface area contributed by atoms with Gasteiger partial charge >= 0.3 is 6.18 Å². The smallest absolute Gasteiger partial charge is 0.350 e. The summed E-state index contributed by atoms with van der Waals surface area (Å²) in [6.07, 6.45) is -4.95. The van der Waals surface area contributed by atoms with Crippen LogP contribution in [0.4, 0.5) is 13.2 Å². The van der Waals surface area contributed by atoms with Crippen LogP contribution in [0.25, 0.3) is 0 Å². The summed E-state index contributed by atoms with van der Waals surface area (Å²) in [7, 11) is 0. The van der Waals surface area contributed by atoms with E-state index in [0.29, 0.717) is 0 Å². The Kier molecular flexibility index (Phi) is 4.68. The van der Waals surface area contributed by atoms with E-state index in [4.69, 9.17) is 0 Å². The molecule has 0 aliphatic carbocycles. The SMILES string of the molecule is CC(C)(C)NC(=O)CNC(=O)C1(C(F)(F)F)CCNC1. The number of carbonyl (C=O) groups excluding carboxylic acids is 2. The van der Waals surface area contributed by atoms with E-state index >= 15 is 0 Å². The molecule has 1 atom stereocenters. The molecule has 0 aromatic heterocycles. The van der Waals surface area contributed by atoms with Gasteiger partial charge in [0.05, 0.1) is 6.54 Å². The minimum atomic E-state index is -4.64. The van der Waals surface area contributed by atoms with E-state index in [1.54, 1.807) is 20.8 Å². The first-order valence-corrected chi connectivity index (χ1v) is 6.35. The van der Waals surface area contributed by atoms with Crippen LogP contribution in [0.15, 0.2) is 0 Å². The van der Waals surface area contributed by atoms with Crippen LogP contribution in [0.3, 0.4) is 0 Å². The van der Waals surface area contributed by atoms with Crippen molar-refractivity contribution in [2.75, 3.05) is 19.6 Å². The topological polar surface area (TPSA) is 70.2 Å². The molecule has 0 spiro atoms. The second kappa shape index (κ2) is 5.59. The standard InChI is InChI=1S/C12H20F3N3O2/c1-10(2,3)18-8(19)6-17-9(20)11(12(13,14)15)4-5-16-7-11/h16H,4-7H2,1-3H3,(H,17,20)(H,18,19). The molecule has 1 saturated heterocycles. The number of hydrogen-bond acceptors (Lipinski definition) is 3. The summed E-state index contributed by atoms with van der Waals surface area (Å²) < 4.78 is 39.2. The highest BCUT2D eigenvalue weighted by atomic mass is 19.4. The van der Waals surface area contributed by atoms with Gasteiger partial charge in [-0.2, -0.15) is 13.2 Å². The molecule has 0 saturated carbocycles. The Morgan fingerprint density at radius 2 is 1.85 bits per heavy atom. The lowest BCUT2D eigenvalue weighted by molar-refractivity contribution is -0.216. The summed E-state index contributed by atoms with van der Waals surface area (Å²) >= 11 is 0. The lowest BCUT2D eigenvalue weighted by Crippen LogP contribution is -2.54. The molecule has 1 rings (SSSR count). The summed E-state index contributed by atoms with van der Waals surface area (Å²) in [6, 6.07) is 0. The van der Waals surface area contributed by atoms with Crippen molar-refractivity contribution < 1.29 is 22.8 Å². The third-order valence-electron chi connectivity index (χ3n) is 3.06. The summed E-state index contributed by atoms with van der Waals surface area (Å²) in [5.74, 6) is -1.67. The van der Waals surface area contributed by atoms with Gasteiger partial charge in [-0.15, -0.1) is 0 Å². The largest absolute Gasteiger partial charge is 0.404 e. The van der Waals surface area contributed by atoms with E-state index in [-0.39, 0.29) is 13.0 Å². The zero-order chi connectivity index (χ0) is 15.6. The molecule has 0 aromatic carbocycles. The molecule has 1 fully saturated rings. The molecule has 0 bridgehead atoms. The summed E-state index contributed by atoms with van der Waals surface area (Å²) in [5, 5.41) is 7.19. The van der Waals surface area contributed by atoms with Gasteiger partial charge in [0.1, 0.15) is 0 Å². The average molecular weight is 295 g/mol. The second-order valence-electron chi connectivity index (χ2n) is 5.99. The summed E-state index contributed by atoms with van der Waals surface area (Å²) in [6.45, 7) is 4.43. The van der Waals surface area contributed by atoms with Crippen LogP contribution in [0.1, 0.15) is 27.2 Å². The zero-order valence-corrected chi connectivity index (χ0v) is 11.8. The zero-order valence-electron chi connectivity index (χ0n) is 11.8. The van der Waals surface area contributed by atoms with Gasteiger partial charge in [-0.05, 0) is 33.7 Å². The van der Waals surface area contributed by atoms with E-state index in [9.17, 15) is 22.8 Å². The van der Waals surface area contributed by atoms with Gasteiger partial charge in [-0.1, -0.05) is 0 Å². The van der Waals surface area contributed by atoms with Crippen LogP contribution in [0.2, 0.25) is 0 Å². The summed E-state index contributed by atoms with van der Waals surface area (Å²) in [5.41, 5.74) is -2.94. The molecule has 0 aromatic rings. The monoisotopic (exact) mass is 295 g/mol. The number of alkyl halides is 3. The first kappa shape index (κ1) is 16.7. The molecule has 3 N–H and O–H groups in total. The Bertz CT molecular complexity index is 382. The maximum Gasteiger partial charge on any atom is 0.404 e. The third kappa shape index (κ3) is 3.84. The molecule has 8 heteroatoms. The third-order valence-corrected chi connectivity index (χ3v) is 3.06. The normalized spacial score (nSPS) is 23.5. The quantitative estimate of drug-likeness (QED) is 0.712. The van der Waals surface area contributed by atoms with Crippen LogP contribution in [0.5, 0.6) is 0 Å². The van der Waals surface area contributed by atoms with Crippen molar-refractivity contribution in [1.82, 2.24) is 16.0 Å². The molecule has 2 amide bonds. The fourth-order valence-corrected chi connectivity index (χ4v) is 2.05. The molecule has 116 valence electrons. The van der Waals surface area contributed by atoms with Crippen LogP contribution in [-0.2, 0) is 9.59 Å². The van der Waals surface area contributed by atoms with E-state index < -0.39 is 42.0 Å². The van der Waals surface area contributed by atoms with Crippen molar-refractivity contribution >= 4 is 11.8 Å². The van der Waals surface area contributed by atoms with Gasteiger partial charge in [-0.25, -0.2) is 0 Å². The minimum absolute atomic E-state index is 0.126. The number of halogens is 3. The molecule has 1 heterocycles. The first-order valence-electron chi connectivity index (χ1n) is 6.35. The van der Waals surface area contributed by atoms with Crippen LogP contribution >= 0.6 is 0 Å². The Morgan fingerprint density at radius 1 is 1.25 bits per heavy atom. The van der Waals surface area contributed by atoms with Crippen molar-refractivity contribution in [2.24, 2.45) is 5.41 Å². The lowest BCUT2D eigenvalue weighted by Gasteiger charge is -2.29. The number of rotatable bonds is 3. The highest BCUT2D eigenvalue weighted by Crippen LogP contribution is 2.43. The molecule has 20 heavy (non-hydrogen) atoms. The number of carbonyl (C=O) groups is 2. The molecule has 0 radical (unpaired) electrons. The van der Waals surface area contributed by atoms with Crippen LogP contribution in [-0.4, -0.2) is 43.2 Å². The van der Waals surface area contributed by atoms with Gasteiger partial charge in [0.25, 0.3) is 0 Å². The molecular formula is C12H20F3N3O2. The Labute approximate surface area is 115 Å². The number of nitrogens with one attached hydrogen (secondary N) is 3. The average Bonchev–Trinajstić information content (AvgIpc) is 2.72. The van der Waals surface area contributed by atoms with E-state index in [1.807, 2.05) is 0 Å². The van der Waals surface area contributed by atoms with Gasteiger partial charge in [0, 0.05) is 12.1 Å². The fraction of sp³-hybridized carbons (Fsp3) is 0.833. The maximum atomic E-state index is 13.1. The first-order chi connectivity index (χ1) is 8.98. The van der Waals surface area contributed by atoms with Crippen LogP contribution in [0, 0.1) is 5.41 Å². The summed E-state index contributed by atoms with van der Waals surface area (Å²) in [4.78, 5) is 23.3. The van der Waals surface area contributed by atoms with E-state index in [0.717, 1.165) is 0 Å². The van der Waals surface area contributed by atoms with E-state index in [2.05, 4.69) is 16.0 Å². The van der Waals surface area contributed by atoms with Crippen molar-refractivity contribution in [2.45, 2.75) is 38.9 Å². The second-order valence-corrected chi connectivity index (χ2v) is 5.99. The van der Waals surface area contributed by atoms with Crippen molar-refractivity contribution in [1.29, 1.82) is 0 Å². The van der Waals surface area contributed by atoms with Crippen LogP contribution < -0.4 is 16.0 Å². The Hall–Kier alpha value is -1.31. The predicted molar refractivity (Wildman–Crippen MR) is 66.9 cm³/mol. The maximum absolute atomic E-state index is 13.1. The Balaban J connectivity index is 2.63. The van der Waals surface area contributed by atoms with Gasteiger partial charge in [0.2, 0.25) is 11.8 Å². The minimum Gasteiger partial charge on any atom is -0.350 e. The molecule has 1 aliphatic rings. The van der Waals surface area contributed by atoms with Gasteiger partial charge in [-0.3, -0.25) is 9.59 Å². The van der Waals surface area contributed by atoms with Crippen molar-refractivity contribution in [3.05, 3.63) is 0 Å². The Morgan fingerprint density at radius 3 is 2.25 bits per heavy atom. The molecule has 5 nitrogen and oxygen atoms in total. The molecule has 1 unspecified atom stereocenters. The van der Waals surface area contributed by atoms with Crippen molar-refractivity contribution in [3.63, 3.8) is 0 Å². The fourth-order valence-electron chi connectivity index (χ4n) is 2.05. The highest BCUT2D eigenvalue weighted by Gasteiger charge is 2.61. The molecule has 1 aliphatic heterocycles. The molecular weight excluding hydrogens is 275 g/mol. The van der Waals surface area contributed by atoms with Gasteiger partial charge < -0.3 is 16.0 Å².